The molecular weight excluding hydrogens is 368 g/mol. The van der Waals surface area contributed by atoms with Gasteiger partial charge in [-0.1, -0.05) is 40.2 Å². The largest absolute Gasteiger partial charge is 0.326 e. The lowest BCUT2D eigenvalue weighted by Crippen LogP contribution is -2.23. The predicted molar refractivity (Wildman–Crippen MR) is 99.1 cm³/mol. The van der Waals surface area contributed by atoms with Crippen molar-refractivity contribution in [3.05, 3.63) is 58.6 Å². The Hall–Kier alpha value is -2.14. The van der Waals surface area contributed by atoms with Gasteiger partial charge in [-0.15, -0.1) is 0 Å². The van der Waals surface area contributed by atoms with Crippen LogP contribution < -0.4 is 10.2 Å². The molecule has 0 saturated carbocycles. The second-order valence-corrected chi connectivity index (χ2v) is 6.69. The maximum Gasteiger partial charge on any atom is 0.227 e. The third kappa shape index (κ3) is 4.03. The summed E-state index contributed by atoms with van der Waals surface area (Å²) in [6.07, 6.45) is 2.58. The zero-order valence-corrected chi connectivity index (χ0v) is 14.9. The number of benzene rings is 2. The van der Waals surface area contributed by atoms with E-state index in [1.807, 2.05) is 48.5 Å². The van der Waals surface area contributed by atoms with Crippen LogP contribution in [0.2, 0.25) is 0 Å². The summed E-state index contributed by atoms with van der Waals surface area (Å²) in [5.74, 6) is 0.114. The molecule has 0 unspecified atom stereocenters. The van der Waals surface area contributed by atoms with E-state index >= 15 is 0 Å². The first kappa shape index (κ1) is 16.7. The Kier molecular flexibility index (Phi) is 5.30. The molecule has 4 nitrogen and oxygen atoms in total. The zero-order chi connectivity index (χ0) is 16.9. The van der Waals surface area contributed by atoms with Gasteiger partial charge in [0.25, 0.3) is 0 Å². The molecule has 1 aliphatic heterocycles. The molecule has 1 saturated heterocycles. The molecule has 1 fully saturated rings. The van der Waals surface area contributed by atoms with Crippen LogP contribution in [0.5, 0.6) is 0 Å². The number of rotatable bonds is 5. The van der Waals surface area contributed by atoms with Crippen LogP contribution in [-0.4, -0.2) is 18.4 Å². The van der Waals surface area contributed by atoms with Crippen molar-refractivity contribution < 1.29 is 9.59 Å². The van der Waals surface area contributed by atoms with Gasteiger partial charge in [0.15, 0.2) is 0 Å². The van der Waals surface area contributed by atoms with Crippen LogP contribution in [0.15, 0.2) is 53.0 Å². The number of amides is 2. The molecule has 0 aromatic heterocycles. The molecule has 1 heterocycles. The average Bonchev–Trinajstić information content (AvgIpc) is 3.00. The standard InChI is InChI=1S/C19H19BrN2O2/c20-17-8-2-1-5-14(17)10-11-18(23)21-15-6-3-7-16(13-15)22-12-4-9-19(22)24/h1-3,5-8,13H,4,9-12H2,(H,21,23). The summed E-state index contributed by atoms with van der Waals surface area (Å²) in [5, 5.41) is 2.92. The van der Waals surface area contributed by atoms with E-state index in [2.05, 4.69) is 21.2 Å². The first-order chi connectivity index (χ1) is 11.6. The maximum absolute atomic E-state index is 12.2. The Labute approximate surface area is 150 Å². The molecule has 2 aromatic carbocycles. The van der Waals surface area contributed by atoms with E-state index in [1.165, 1.54) is 0 Å². The number of aryl methyl sites for hydroxylation is 1. The number of anilines is 2. The Morgan fingerprint density at radius 1 is 1.17 bits per heavy atom. The topological polar surface area (TPSA) is 49.4 Å². The Bertz CT molecular complexity index is 761. The van der Waals surface area contributed by atoms with Crippen molar-refractivity contribution in [2.75, 3.05) is 16.8 Å². The number of carbonyl (C=O) groups is 2. The number of hydrogen-bond donors (Lipinski definition) is 1. The number of halogens is 1. The van der Waals surface area contributed by atoms with Gasteiger partial charge < -0.3 is 10.2 Å². The van der Waals surface area contributed by atoms with E-state index in [0.29, 0.717) is 19.3 Å². The number of carbonyl (C=O) groups excluding carboxylic acids is 2. The molecule has 124 valence electrons. The van der Waals surface area contributed by atoms with Crippen molar-refractivity contribution in [1.29, 1.82) is 0 Å². The van der Waals surface area contributed by atoms with Crippen LogP contribution in [-0.2, 0) is 16.0 Å². The van der Waals surface area contributed by atoms with E-state index in [0.717, 1.165) is 34.4 Å². The van der Waals surface area contributed by atoms with Crippen molar-refractivity contribution in [1.82, 2.24) is 0 Å². The zero-order valence-electron chi connectivity index (χ0n) is 13.3. The molecule has 3 rings (SSSR count). The number of nitrogens with zero attached hydrogens (tertiary/aromatic N) is 1. The lowest BCUT2D eigenvalue weighted by atomic mass is 10.1. The van der Waals surface area contributed by atoms with Crippen LogP contribution in [0, 0.1) is 0 Å². The summed E-state index contributed by atoms with van der Waals surface area (Å²) in [6.45, 7) is 0.748. The van der Waals surface area contributed by atoms with Gasteiger partial charge in [-0.05, 0) is 42.7 Å². The first-order valence-electron chi connectivity index (χ1n) is 8.07. The highest BCUT2D eigenvalue weighted by Gasteiger charge is 2.21. The molecular formula is C19H19BrN2O2. The number of nitrogens with one attached hydrogen (secondary N) is 1. The first-order valence-corrected chi connectivity index (χ1v) is 8.86. The monoisotopic (exact) mass is 386 g/mol. The van der Waals surface area contributed by atoms with Crippen molar-refractivity contribution in [2.45, 2.75) is 25.7 Å². The van der Waals surface area contributed by atoms with Crippen molar-refractivity contribution in [3.8, 4) is 0 Å². The second-order valence-electron chi connectivity index (χ2n) is 5.84. The fourth-order valence-corrected chi connectivity index (χ4v) is 3.33. The molecule has 0 bridgehead atoms. The number of hydrogen-bond acceptors (Lipinski definition) is 2. The van der Waals surface area contributed by atoms with Gasteiger partial charge >= 0.3 is 0 Å². The van der Waals surface area contributed by atoms with Crippen molar-refractivity contribution in [3.63, 3.8) is 0 Å². The molecule has 2 aromatic rings. The summed E-state index contributed by atoms with van der Waals surface area (Å²) in [6, 6.07) is 15.4. The molecule has 0 spiro atoms. The molecule has 2 amide bonds. The predicted octanol–water partition coefficient (Wildman–Crippen LogP) is 4.15. The van der Waals surface area contributed by atoms with Gasteiger partial charge in [0.1, 0.15) is 0 Å². The molecule has 1 aliphatic rings. The summed E-state index contributed by atoms with van der Waals surface area (Å²) < 4.78 is 1.02. The van der Waals surface area contributed by atoms with Gasteiger partial charge in [-0.25, -0.2) is 0 Å². The average molecular weight is 387 g/mol. The SMILES string of the molecule is O=C(CCc1ccccc1Br)Nc1cccc(N2CCCC2=O)c1. The summed E-state index contributed by atoms with van der Waals surface area (Å²) in [7, 11) is 0. The molecule has 0 radical (unpaired) electrons. The van der Waals surface area contributed by atoms with Crippen molar-refractivity contribution in [2.24, 2.45) is 0 Å². The Morgan fingerprint density at radius 2 is 2.00 bits per heavy atom. The summed E-state index contributed by atoms with van der Waals surface area (Å²) in [4.78, 5) is 25.8. The van der Waals surface area contributed by atoms with E-state index in [9.17, 15) is 9.59 Å². The third-order valence-corrected chi connectivity index (χ3v) is 4.87. The van der Waals surface area contributed by atoms with Gasteiger partial charge in [0.2, 0.25) is 11.8 Å². The van der Waals surface area contributed by atoms with Gasteiger partial charge in [0, 0.05) is 35.2 Å². The summed E-state index contributed by atoms with van der Waals surface area (Å²) in [5.41, 5.74) is 2.69. The molecule has 0 aliphatic carbocycles. The van der Waals surface area contributed by atoms with E-state index < -0.39 is 0 Å². The minimum absolute atomic E-state index is 0.0318. The smallest absolute Gasteiger partial charge is 0.227 e. The van der Waals surface area contributed by atoms with Crippen molar-refractivity contribution >= 4 is 39.1 Å². The Morgan fingerprint density at radius 3 is 2.75 bits per heavy atom. The second kappa shape index (κ2) is 7.62. The van der Waals surface area contributed by atoms with Crippen LogP contribution in [0.1, 0.15) is 24.8 Å². The quantitative estimate of drug-likeness (QED) is 0.838. The van der Waals surface area contributed by atoms with E-state index in [-0.39, 0.29) is 11.8 Å². The minimum Gasteiger partial charge on any atom is -0.326 e. The van der Waals surface area contributed by atoms with Gasteiger partial charge in [-0.2, -0.15) is 0 Å². The lowest BCUT2D eigenvalue weighted by Gasteiger charge is -2.16. The summed E-state index contributed by atoms with van der Waals surface area (Å²) >= 11 is 3.50. The fourth-order valence-electron chi connectivity index (χ4n) is 2.85. The van der Waals surface area contributed by atoms with Gasteiger partial charge in [-0.3, -0.25) is 9.59 Å². The maximum atomic E-state index is 12.2. The molecule has 1 N–H and O–H groups in total. The van der Waals surface area contributed by atoms with Crippen LogP contribution >= 0.6 is 15.9 Å². The van der Waals surface area contributed by atoms with E-state index in [1.54, 1.807) is 4.90 Å². The van der Waals surface area contributed by atoms with Gasteiger partial charge in [0.05, 0.1) is 0 Å². The highest BCUT2D eigenvalue weighted by atomic mass is 79.9. The Balaban J connectivity index is 1.60. The van der Waals surface area contributed by atoms with E-state index in [4.69, 9.17) is 0 Å². The molecule has 5 heteroatoms. The van der Waals surface area contributed by atoms with Crippen LogP contribution in [0.4, 0.5) is 11.4 Å². The third-order valence-electron chi connectivity index (χ3n) is 4.09. The van der Waals surface area contributed by atoms with Crippen LogP contribution in [0.25, 0.3) is 0 Å². The minimum atomic E-state index is -0.0318. The molecule has 0 atom stereocenters. The lowest BCUT2D eigenvalue weighted by molar-refractivity contribution is -0.117. The normalized spacial score (nSPS) is 14.0. The fraction of sp³-hybridized carbons (Fsp3) is 0.263. The highest BCUT2D eigenvalue weighted by Crippen LogP contribution is 2.24. The highest BCUT2D eigenvalue weighted by molar-refractivity contribution is 9.10. The molecule has 24 heavy (non-hydrogen) atoms. The van der Waals surface area contributed by atoms with Crippen LogP contribution in [0.3, 0.4) is 0 Å².